The van der Waals surface area contributed by atoms with Crippen molar-refractivity contribution in [1.82, 2.24) is 4.31 Å². The van der Waals surface area contributed by atoms with E-state index in [-0.39, 0.29) is 19.2 Å². The zero-order valence-electron chi connectivity index (χ0n) is 11.8. The first-order chi connectivity index (χ1) is 10.6. The lowest BCUT2D eigenvalue weighted by molar-refractivity contribution is -0.385. The summed E-state index contributed by atoms with van der Waals surface area (Å²) in [4.78, 5) is 8.66. The number of sulfonamides is 1. The van der Waals surface area contributed by atoms with Gasteiger partial charge in [-0.15, -0.1) is 0 Å². The van der Waals surface area contributed by atoms with E-state index in [4.69, 9.17) is 5.73 Å². The molecule has 23 heavy (non-hydrogen) atoms. The Bertz CT molecular complexity index is 721. The van der Waals surface area contributed by atoms with E-state index in [1.54, 1.807) is 0 Å². The molecule has 0 aliphatic carbocycles. The summed E-state index contributed by atoms with van der Waals surface area (Å²) >= 11 is 0. The number of non-ortho nitro benzene ring substituents is 1. The van der Waals surface area contributed by atoms with Crippen LogP contribution >= 0.6 is 0 Å². The van der Waals surface area contributed by atoms with Crippen molar-refractivity contribution in [3.8, 4) is 0 Å². The molecule has 1 unspecified atom stereocenters. The van der Waals surface area contributed by atoms with Gasteiger partial charge in [0.2, 0.25) is 10.0 Å². The molecule has 1 aromatic rings. The molecule has 2 N–H and O–H groups in total. The number of alkyl halides is 3. The zero-order valence-corrected chi connectivity index (χ0v) is 12.6. The molecule has 0 bridgehead atoms. The number of nitrogens with two attached hydrogens (primary N) is 1. The molecule has 1 aliphatic heterocycles. The standard InChI is InChI=1S/C12H14F3N3O4S/c13-12(14,15)10-6-8(18(19)20)3-4-11(10)23(21,22)17-5-1-2-9(17)7-16/h3-4,6,9H,1-2,5,7,16H2. The number of hydrogen-bond acceptors (Lipinski definition) is 5. The summed E-state index contributed by atoms with van der Waals surface area (Å²) in [7, 11) is -4.45. The molecular weight excluding hydrogens is 339 g/mol. The van der Waals surface area contributed by atoms with Gasteiger partial charge in [0.15, 0.2) is 0 Å². The van der Waals surface area contributed by atoms with E-state index in [9.17, 15) is 31.7 Å². The Morgan fingerprint density at radius 3 is 2.57 bits per heavy atom. The van der Waals surface area contributed by atoms with Crippen LogP contribution in [-0.2, 0) is 16.2 Å². The summed E-state index contributed by atoms with van der Waals surface area (Å²) in [6.45, 7) is 0.0616. The second-order valence-corrected chi connectivity index (χ2v) is 6.94. The van der Waals surface area contributed by atoms with Gasteiger partial charge in [-0.05, 0) is 18.9 Å². The molecule has 0 saturated carbocycles. The van der Waals surface area contributed by atoms with Crippen LogP contribution < -0.4 is 5.73 Å². The van der Waals surface area contributed by atoms with E-state index in [0.29, 0.717) is 18.9 Å². The predicted molar refractivity (Wildman–Crippen MR) is 74.1 cm³/mol. The maximum atomic E-state index is 13.2. The van der Waals surface area contributed by atoms with Crippen molar-refractivity contribution in [3.63, 3.8) is 0 Å². The van der Waals surface area contributed by atoms with E-state index < -0.39 is 43.3 Å². The largest absolute Gasteiger partial charge is 0.417 e. The van der Waals surface area contributed by atoms with Crippen LogP contribution in [0.15, 0.2) is 23.1 Å². The van der Waals surface area contributed by atoms with Gasteiger partial charge in [0.05, 0.1) is 15.4 Å². The van der Waals surface area contributed by atoms with Gasteiger partial charge in [-0.3, -0.25) is 10.1 Å². The Balaban J connectivity index is 2.60. The normalized spacial score (nSPS) is 19.9. The highest BCUT2D eigenvalue weighted by molar-refractivity contribution is 7.89. The summed E-state index contributed by atoms with van der Waals surface area (Å²) < 4.78 is 65.5. The van der Waals surface area contributed by atoms with Crippen LogP contribution in [0.3, 0.4) is 0 Å². The number of rotatable bonds is 4. The molecule has 1 heterocycles. The van der Waals surface area contributed by atoms with Crippen LogP contribution in [0.1, 0.15) is 18.4 Å². The molecule has 11 heteroatoms. The third-order valence-electron chi connectivity index (χ3n) is 3.66. The molecule has 0 aromatic heterocycles. The van der Waals surface area contributed by atoms with Gasteiger partial charge >= 0.3 is 6.18 Å². The number of hydrogen-bond donors (Lipinski definition) is 1. The van der Waals surface area contributed by atoms with E-state index in [1.807, 2.05) is 0 Å². The van der Waals surface area contributed by atoms with Crippen molar-refractivity contribution in [1.29, 1.82) is 0 Å². The van der Waals surface area contributed by atoms with E-state index in [2.05, 4.69) is 0 Å². The number of nitrogens with zero attached hydrogens (tertiary/aromatic N) is 2. The second-order valence-electron chi connectivity index (χ2n) is 5.08. The van der Waals surface area contributed by atoms with Crippen LogP contribution in [0.25, 0.3) is 0 Å². The monoisotopic (exact) mass is 353 g/mol. The van der Waals surface area contributed by atoms with Crippen LogP contribution in [0.4, 0.5) is 18.9 Å². The maximum Gasteiger partial charge on any atom is 0.417 e. The fourth-order valence-corrected chi connectivity index (χ4v) is 4.46. The molecule has 2 rings (SSSR count). The Kier molecular flexibility index (Phi) is 4.64. The van der Waals surface area contributed by atoms with Crippen molar-refractivity contribution in [3.05, 3.63) is 33.9 Å². The number of halogens is 3. The van der Waals surface area contributed by atoms with Gasteiger partial charge < -0.3 is 5.73 Å². The summed E-state index contributed by atoms with van der Waals surface area (Å²) in [5, 5.41) is 10.7. The quantitative estimate of drug-likeness (QED) is 0.655. The van der Waals surface area contributed by atoms with Crippen molar-refractivity contribution >= 4 is 15.7 Å². The average molecular weight is 353 g/mol. The Morgan fingerprint density at radius 1 is 1.39 bits per heavy atom. The van der Waals surface area contributed by atoms with Gasteiger partial charge in [0.25, 0.3) is 5.69 Å². The first kappa shape index (κ1) is 17.6. The van der Waals surface area contributed by atoms with E-state index in [0.717, 1.165) is 10.4 Å². The van der Waals surface area contributed by atoms with Gasteiger partial charge in [0.1, 0.15) is 0 Å². The highest BCUT2D eigenvalue weighted by Crippen LogP contribution is 2.38. The van der Waals surface area contributed by atoms with Gasteiger partial charge in [-0.1, -0.05) is 0 Å². The average Bonchev–Trinajstić information content (AvgIpc) is 2.94. The first-order valence-electron chi connectivity index (χ1n) is 6.66. The molecule has 128 valence electrons. The highest BCUT2D eigenvalue weighted by Gasteiger charge is 2.42. The van der Waals surface area contributed by atoms with Gasteiger partial charge in [-0.25, -0.2) is 8.42 Å². The second kappa shape index (κ2) is 6.06. The maximum absolute atomic E-state index is 13.2. The van der Waals surface area contributed by atoms with Crippen LogP contribution in [0.5, 0.6) is 0 Å². The minimum atomic E-state index is -5.04. The third-order valence-corrected chi connectivity index (χ3v) is 5.67. The summed E-state index contributed by atoms with van der Waals surface area (Å²) in [6, 6.07) is 1.04. The SMILES string of the molecule is NCC1CCCN1S(=O)(=O)c1ccc([N+](=O)[O-])cc1C(F)(F)F. The lowest BCUT2D eigenvalue weighted by atomic mass is 10.2. The van der Waals surface area contributed by atoms with Crippen LogP contribution in [0.2, 0.25) is 0 Å². The van der Waals surface area contributed by atoms with Crippen LogP contribution in [0, 0.1) is 10.1 Å². The Morgan fingerprint density at radius 2 is 2.04 bits per heavy atom. The van der Waals surface area contributed by atoms with E-state index >= 15 is 0 Å². The van der Waals surface area contributed by atoms with Crippen molar-refractivity contribution in [2.75, 3.05) is 13.1 Å². The van der Waals surface area contributed by atoms with Gasteiger partial charge in [0, 0.05) is 31.3 Å². The molecule has 1 atom stereocenters. The smallest absolute Gasteiger partial charge is 0.329 e. The molecule has 7 nitrogen and oxygen atoms in total. The van der Waals surface area contributed by atoms with E-state index in [1.165, 1.54) is 0 Å². The summed E-state index contributed by atoms with van der Waals surface area (Å²) in [5.74, 6) is 0. The predicted octanol–water partition coefficient (Wildman–Crippen LogP) is 1.73. The first-order valence-corrected chi connectivity index (χ1v) is 8.10. The molecule has 0 radical (unpaired) electrons. The molecular formula is C12H14F3N3O4S. The lowest BCUT2D eigenvalue weighted by Gasteiger charge is -2.24. The fourth-order valence-electron chi connectivity index (χ4n) is 2.57. The summed E-state index contributed by atoms with van der Waals surface area (Å²) in [6.07, 6.45) is -4.08. The topological polar surface area (TPSA) is 107 Å². The minimum absolute atomic E-state index is 0.00639. The number of benzene rings is 1. The molecule has 1 aromatic carbocycles. The minimum Gasteiger partial charge on any atom is -0.329 e. The van der Waals surface area contributed by atoms with Gasteiger partial charge in [-0.2, -0.15) is 17.5 Å². The molecule has 1 aliphatic rings. The highest BCUT2D eigenvalue weighted by atomic mass is 32.2. The third kappa shape index (κ3) is 3.31. The molecule has 0 amide bonds. The summed E-state index contributed by atoms with van der Waals surface area (Å²) in [5.41, 5.74) is 3.10. The zero-order chi connectivity index (χ0) is 17.4. The number of nitro groups is 1. The molecule has 0 spiro atoms. The lowest BCUT2D eigenvalue weighted by Crippen LogP contribution is -2.40. The number of nitro benzene ring substituents is 1. The fraction of sp³-hybridized carbons (Fsp3) is 0.500. The van der Waals surface area contributed by atoms with Crippen molar-refractivity contribution in [2.45, 2.75) is 30.0 Å². The Labute approximate surface area is 130 Å². The van der Waals surface area contributed by atoms with Crippen molar-refractivity contribution in [2.24, 2.45) is 5.73 Å². The molecule has 1 fully saturated rings. The molecule has 1 saturated heterocycles. The van der Waals surface area contributed by atoms with Crippen molar-refractivity contribution < 1.29 is 26.5 Å². The van der Waals surface area contributed by atoms with Crippen LogP contribution in [-0.4, -0.2) is 36.8 Å². The Hall–Kier alpha value is -1.72.